The Balaban J connectivity index is 1.59. The number of carbonyl (C=O) groups is 1. The van der Waals surface area contributed by atoms with E-state index in [2.05, 4.69) is 5.16 Å². The molecule has 3 rings (SSSR count). The predicted octanol–water partition coefficient (Wildman–Crippen LogP) is 2.12. The smallest absolute Gasteiger partial charge is 0.318 e. The van der Waals surface area contributed by atoms with Gasteiger partial charge in [-0.15, -0.1) is 0 Å². The van der Waals surface area contributed by atoms with Crippen LogP contribution >= 0.6 is 0 Å². The lowest BCUT2D eigenvalue weighted by atomic mass is 10.2. The predicted molar refractivity (Wildman–Crippen MR) is 51.7 cm³/mol. The van der Waals surface area contributed by atoms with Gasteiger partial charge in [0.15, 0.2) is 0 Å². The van der Waals surface area contributed by atoms with Crippen LogP contribution in [0.15, 0.2) is 5.16 Å². The highest BCUT2D eigenvalue weighted by Crippen LogP contribution is 2.42. The number of rotatable bonds is 4. The van der Waals surface area contributed by atoms with E-state index >= 15 is 0 Å². The number of hydrogen-bond donors (Lipinski definition) is 0. The van der Waals surface area contributed by atoms with Crippen LogP contribution in [0.1, 0.15) is 38.5 Å². The van der Waals surface area contributed by atoms with Gasteiger partial charge in [-0.3, -0.25) is 0 Å². The fourth-order valence-corrected chi connectivity index (χ4v) is 1.73. The normalized spacial score (nSPS) is 25.7. The second kappa shape index (κ2) is 3.07. The lowest BCUT2D eigenvalue weighted by Gasteiger charge is -2.01. The molecule has 0 unspecified atom stereocenters. The maximum absolute atomic E-state index is 11.3. The second-order valence-electron chi connectivity index (χ2n) is 4.75. The number of carbonyl (C=O) groups excluding carboxylic acids is 1. The zero-order valence-electron chi connectivity index (χ0n) is 8.24. The summed E-state index contributed by atoms with van der Waals surface area (Å²) in [5.74, 6) is 1.35. The maximum atomic E-state index is 11.3. The molecule has 0 spiro atoms. The minimum atomic E-state index is -0.108. The topological polar surface area (TPSA) is 38.7 Å². The number of hydrogen-bond acceptors (Lipinski definition) is 3. The monoisotopic (exact) mass is 193 g/mol. The van der Waals surface area contributed by atoms with Gasteiger partial charge in [0, 0.05) is 11.8 Å². The quantitative estimate of drug-likeness (QED) is 0.389. The summed E-state index contributed by atoms with van der Waals surface area (Å²) in [7, 11) is 0. The first kappa shape index (κ1) is 8.45. The molecule has 0 aromatic heterocycles. The molecule has 3 aliphatic carbocycles. The van der Waals surface area contributed by atoms with Gasteiger partial charge in [0.2, 0.25) is 0 Å². The van der Waals surface area contributed by atoms with Gasteiger partial charge in [-0.2, -0.15) is 0 Å². The van der Waals surface area contributed by atoms with Gasteiger partial charge < -0.3 is 4.84 Å². The van der Waals surface area contributed by atoms with E-state index in [0.717, 1.165) is 12.8 Å². The molecule has 0 aromatic rings. The van der Waals surface area contributed by atoms with Crippen LogP contribution in [0.2, 0.25) is 0 Å². The Labute approximate surface area is 83.5 Å². The zero-order chi connectivity index (χ0) is 9.54. The average Bonchev–Trinajstić information content (AvgIpc) is 2.95. The molecule has 3 fully saturated rings. The molecule has 0 radical (unpaired) electrons. The van der Waals surface area contributed by atoms with E-state index in [1.54, 1.807) is 0 Å². The van der Waals surface area contributed by atoms with Crippen LogP contribution in [0.25, 0.3) is 0 Å². The summed E-state index contributed by atoms with van der Waals surface area (Å²) < 4.78 is 0. The molecular weight excluding hydrogens is 178 g/mol. The molecule has 0 aliphatic heterocycles. The largest absolute Gasteiger partial charge is 0.338 e. The Morgan fingerprint density at radius 1 is 0.929 bits per heavy atom. The van der Waals surface area contributed by atoms with E-state index in [-0.39, 0.29) is 11.9 Å². The van der Waals surface area contributed by atoms with Crippen molar-refractivity contribution in [1.82, 2.24) is 0 Å². The van der Waals surface area contributed by atoms with E-state index in [4.69, 9.17) is 4.84 Å². The summed E-state index contributed by atoms with van der Waals surface area (Å²) in [5, 5.41) is 4.08. The van der Waals surface area contributed by atoms with Crippen molar-refractivity contribution in [2.24, 2.45) is 22.9 Å². The Hall–Kier alpha value is -0.860. The highest BCUT2D eigenvalue weighted by atomic mass is 16.7. The van der Waals surface area contributed by atoms with E-state index in [0.29, 0.717) is 11.8 Å². The van der Waals surface area contributed by atoms with Crippen LogP contribution < -0.4 is 0 Å². The van der Waals surface area contributed by atoms with Crippen LogP contribution in [0, 0.1) is 17.8 Å². The molecule has 0 heterocycles. The highest BCUT2D eigenvalue weighted by molar-refractivity contribution is 5.92. The standard InChI is InChI=1S/C11H15NO2/c13-11(9-5-6-9)14-12-10(7-1-2-7)8-3-4-8/h7-9H,1-6H2. The molecule has 0 atom stereocenters. The number of nitrogens with zero attached hydrogens (tertiary/aromatic N) is 1. The van der Waals surface area contributed by atoms with Crippen molar-refractivity contribution in [1.29, 1.82) is 0 Å². The maximum Gasteiger partial charge on any atom is 0.338 e. The third kappa shape index (κ3) is 1.81. The Morgan fingerprint density at radius 3 is 1.86 bits per heavy atom. The average molecular weight is 193 g/mol. The molecular formula is C11H15NO2. The minimum absolute atomic E-state index is 0.108. The van der Waals surface area contributed by atoms with E-state index < -0.39 is 0 Å². The van der Waals surface area contributed by atoms with Gasteiger partial charge in [-0.25, -0.2) is 4.79 Å². The molecule has 3 nitrogen and oxygen atoms in total. The van der Waals surface area contributed by atoms with Gasteiger partial charge in [0.05, 0.1) is 11.6 Å². The summed E-state index contributed by atoms with van der Waals surface area (Å²) in [5.41, 5.74) is 1.18. The first-order valence-electron chi connectivity index (χ1n) is 5.63. The van der Waals surface area contributed by atoms with Crippen molar-refractivity contribution >= 4 is 11.7 Å². The van der Waals surface area contributed by atoms with E-state index in [1.807, 2.05) is 0 Å². The fraction of sp³-hybridized carbons (Fsp3) is 0.818. The van der Waals surface area contributed by atoms with Crippen molar-refractivity contribution in [2.45, 2.75) is 38.5 Å². The Bertz CT molecular complexity index is 272. The third-order valence-electron chi connectivity index (χ3n) is 3.14. The summed E-state index contributed by atoms with van der Waals surface area (Å²) in [6, 6.07) is 0. The molecule has 3 heteroatoms. The molecule has 0 bridgehead atoms. The first-order chi connectivity index (χ1) is 6.84. The lowest BCUT2D eigenvalue weighted by molar-refractivity contribution is -0.145. The van der Waals surface area contributed by atoms with Crippen molar-refractivity contribution in [2.75, 3.05) is 0 Å². The minimum Gasteiger partial charge on any atom is -0.318 e. The first-order valence-corrected chi connectivity index (χ1v) is 5.63. The molecule has 3 saturated carbocycles. The fourth-order valence-electron chi connectivity index (χ4n) is 1.73. The lowest BCUT2D eigenvalue weighted by Crippen LogP contribution is -2.09. The van der Waals surface area contributed by atoms with Gasteiger partial charge in [-0.1, -0.05) is 5.16 Å². The molecule has 76 valence electrons. The summed E-state index contributed by atoms with van der Waals surface area (Å²) in [4.78, 5) is 16.2. The van der Waals surface area contributed by atoms with E-state index in [9.17, 15) is 4.79 Å². The molecule has 0 N–H and O–H groups in total. The molecule has 0 amide bonds. The van der Waals surface area contributed by atoms with E-state index in [1.165, 1.54) is 31.4 Å². The zero-order valence-corrected chi connectivity index (χ0v) is 8.24. The SMILES string of the molecule is O=C(ON=C(C1CC1)C1CC1)C1CC1. The van der Waals surface area contributed by atoms with Crippen molar-refractivity contribution in [3.63, 3.8) is 0 Å². The highest BCUT2D eigenvalue weighted by Gasteiger charge is 2.39. The number of oxime groups is 1. The second-order valence-corrected chi connectivity index (χ2v) is 4.75. The third-order valence-corrected chi connectivity index (χ3v) is 3.14. The summed E-state index contributed by atoms with van der Waals surface area (Å²) >= 11 is 0. The van der Waals surface area contributed by atoms with Crippen molar-refractivity contribution < 1.29 is 9.63 Å². The molecule has 14 heavy (non-hydrogen) atoms. The molecule has 0 saturated heterocycles. The van der Waals surface area contributed by atoms with Crippen LogP contribution in [-0.4, -0.2) is 11.7 Å². The van der Waals surface area contributed by atoms with Crippen LogP contribution in [0.4, 0.5) is 0 Å². The van der Waals surface area contributed by atoms with Crippen LogP contribution in [0.3, 0.4) is 0 Å². The van der Waals surface area contributed by atoms with Crippen molar-refractivity contribution in [3.8, 4) is 0 Å². The summed E-state index contributed by atoms with van der Waals surface area (Å²) in [6.07, 6.45) is 6.98. The molecule has 0 aromatic carbocycles. The van der Waals surface area contributed by atoms with Gasteiger partial charge in [0.1, 0.15) is 0 Å². The molecule has 3 aliphatic rings. The Kier molecular flexibility index (Phi) is 1.85. The Morgan fingerprint density at radius 2 is 1.43 bits per heavy atom. The van der Waals surface area contributed by atoms with Crippen molar-refractivity contribution in [3.05, 3.63) is 0 Å². The van der Waals surface area contributed by atoms with Gasteiger partial charge in [-0.05, 0) is 38.5 Å². The van der Waals surface area contributed by atoms with Gasteiger partial charge in [0.25, 0.3) is 0 Å². The van der Waals surface area contributed by atoms with Gasteiger partial charge >= 0.3 is 5.97 Å². The summed E-state index contributed by atoms with van der Waals surface area (Å²) in [6.45, 7) is 0. The van der Waals surface area contributed by atoms with Crippen LogP contribution in [-0.2, 0) is 9.63 Å². The van der Waals surface area contributed by atoms with Crippen LogP contribution in [0.5, 0.6) is 0 Å².